The fourth-order valence-electron chi connectivity index (χ4n) is 2.39. The van der Waals surface area contributed by atoms with Crippen molar-refractivity contribution >= 4 is 12.0 Å². The van der Waals surface area contributed by atoms with Gasteiger partial charge in [0.05, 0.1) is 5.56 Å². The van der Waals surface area contributed by atoms with Gasteiger partial charge in [-0.25, -0.2) is 4.79 Å². The van der Waals surface area contributed by atoms with Crippen molar-refractivity contribution in [2.75, 3.05) is 6.61 Å². The zero-order valence-corrected chi connectivity index (χ0v) is 14.4. The monoisotopic (exact) mass is 344 g/mol. The van der Waals surface area contributed by atoms with Gasteiger partial charge in [0.1, 0.15) is 19.0 Å². The maximum Gasteiger partial charge on any atom is 0.338 e. The molecule has 0 saturated carbocycles. The van der Waals surface area contributed by atoms with Crippen LogP contribution < -0.4 is 4.74 Å². The number of benzene rings is 3. The summed E-state index contributed by atoms with van der Waals surface area (Å²) in [6.45, 7) is 0.731. The molecule has 0 spiro atoms. The number of rotatable bonds is 7. The summed E-state index contributed by atoms with van der Waals surface area (Å²) in [5, 5.41) is 0. The van der Waals surface area contributed by atoms with E-state index in [0.29, 0.717) is 17.9 Å². The van der Waals surface area contributed by atoms with E-state index in [0.717, 1.165) is 11.1 Å². The van der Waals surface area contributed by atoms with Crippen molar-refractivity contribution in [2.24, 2.45) is 0 Å². The van der Waals surface area contributed by atoms with Crippen molar-refractivity contribution in [3.05, 3.63) is 108 Å². The average molecular weight is 344 g/mol. The minimum atomic E-state index is -0.343. The van der Waals surface area contributed by atoms with Crippen LogP contribution in [0.4, 0.5) is 0 Å². The molecule has 0 atom stereocenters. The Morgan fingerprint density at radius 1 is 0.808 bits per heavy atom. The third kappa shape index (κ3) is 5.35. The largest absolute Gasteiger partial charge is 0.490 e. The quantitative estimate of drug-likeness (QED) is 0.557. The summed E-state index contributed by atoms with van der Waals surface area (Å²) in [6.07, 6.45) is 3.96. The second-order valence-electron chi connectivity index (χ2n) is 5.71. The second kappa shape index (κ2) is 9.23. The maximum absolute atomic E-state index is 12.1. The number of hydrogen-bond acceptors (Lipinski definition) is 3. The zero-order chi connectivity index (χ0) is 18.0. The van der Waals surface area contributed by atoms with E-state index < -0.39 is 0 Å². The Hall–Kier alpha value is -3.33. The molecule has 3 aromatic rings. The molecule has 0 aliphatic rings. The van der Waals surface area contributed by atoms with Crippen LogP contribution in [-0.2, 0) is 11.3 Å². The van der Waals surface area contributed by atoms with Crippen LogP contribution in [0.5, 0.6) is 5.75 Å². The predicted molar refractivity (Wildman–Crippen MR) is 103 cm³/mol. The van der Waals surface area contributed by atoms with E-state index in [1.165, 1.54) is 0 Å². The number of carbonyl (C=O) groups is 1. The molecule has 0 amide bonds. The molecular formula is C23H20O3. The molecule has 3 rings (SSSR count). The molecule has 3 heteroatoms. The number of hydrogen-bond donors (Lipinski definition) is 0. The highest BCUT2D eigenvalue weighted by Gasteiger charge is 2.07. The SMILES string of the molecule is O=C(OCc1ccccc1)c1ccc(OCC=Cc2ccccc2)cc1. The lowest BCUT2D eigenvalue weighted by atomic mass is 10.2. The first-order chi connectivity index (χ1) is 12.8. The van der Waals surface area contributed by atoms with Crippen molar-refractivity contribution < 1.29 is 14.3 Å². The molecular weight excluding hydrogens is 324 g/mol. The summed E-state index contributed by atoms with van der Waals surface area (Å²) in [5.41, 5.74) is 2.60. The molecule has 0 N–H and O–H groups in total. The molecule has 0 bridgehead atoms. The van der Waals surface area contributed by atoms with E-state index in [1.807, 2.05) is 72.8 Å². The van der Waals surface area contributed by atoms with E-state index in [1.54, 1.807) is 24.3 Å². The lowest BCUT2D eigenvalue weighted by Crippen LogP contribution is -2.05. The Labute approximate surface area is 153 Å². The summed E-state index contributed by atoms with van der Waals surface area (Å²) in [5.74, 6) is 0.367. The van der Waals surface area contributed by atoms with Crippen molar-refractivity contribution in [1.29, 1.82) is 0 Å². The molecule has 0 aliphatic carbocycles. The third-order valence-electron chi connectivity index (χ3n) is 3.76. The molecule has 0 fully saturated rings. The third-order valence-corrected chi connectivity index (χ3v) is 3.76. The molecule has 0 saturated heterocycles. The Balaban J connectivity index is 1.47. The van der Waals surface area contributed by atoms with Gasteiger partial charge in [-0.05, 0) is 41.5 Å². The number of ether oxygens (including phenoxy) is 2. The fourth-order valence-corrected chi connectivity index (χ4v) is 2.39. The van der Waals surface area contributed by atoms with Gasteiger partial charge >= 0.3 is 5.97 Å². The summed E-state index contributed by atoms with van der Waals surface area (Å²) in [4.78, 5) is 12.1. The van der Waals surface area contributed by atoms with Crippen LogP contribution in [0.2, 0.25) is 0 Å². The van der Waals surface area contributed by atoms with Gasteiger partial charge in [-0.1, -0.05) is 66.7 Å². The van der Waals surface area contributed by atoms with Crippen molar-refractivity contribution in [3.8, 4) is 5.75 Å². The molecule has 130 valence electrons. The Morgan fingerprint density at radius 3 is 2.15 bits per heavy atom. The van der Waals surface area contributed by atoms with Crippen LogP contribution in [0.3, 0.4) is 0 Å². The van der Waals surface area contributed by atoms with Crippen LogP contribution in [0, 0.1) is 0 Å². The predicted octanol–water partition coefficient (Wildman–Crippen LogP) is 5.14. The second-order valence-corrected chi connectivity index (χ2v) is 5.71. The molecule has 26 heavy (non-hydrogen) atoms. The minimum absolute atomic E-state index is 0.266. The van der Waals surface area contributed by atoms with Gasteiger partial charge in [-0.15, -0.1) is 0 Å². The smallest absolute Gasteiger partial charge is 0.338 e. The first-order valence-electron chi connectivity index (χ1n) is 8.47. The molecule has 0 heterocycles. The fraction of sp³-hybridized carbons (Fsp3) is 0.0870. The topological polar surface area (TPSA) is 35.5 Å². The van der Waals surface area contributed by atoms with Gasteiger partial charge in [-0.3, -0.25) is 0 Å². The Kier molecular flexibility index (Phi) is 6.21. The lowest BCUT2D eigenvalue weighted by Gasteiger charge is -2.06. The normalized spacial score (nSPS) is 10.6. The van der Waals surface area contributed by atoms with E-state index in [-0.39, 0.29) is 12.6 Å². The van der Waals surface area contributed by atoms with Gasteiger partial charge in [0.25, 0.3) is 0 Å². The van der Waals surface area contributed by atoms with E-state index in [9.17, 15) is 4.79 Å². The summed E-state index contributed by atoms with van der Waals surface area (Å²) < 4.78 is 11.0. The summed E-state index contributed by atoms with van der Waals surface area (Å²) >= 11 is 0. The molecule has 3 aromatic carbocycles. The molecule has 0 radical (unpaired) electrons. The molecule has 0 aliphatic heterocycles. The van der Waals surface area contributed by atoms with Crippen LogP contribution >= 0.6 is 0 Å². The average Bonchev–Trinajstić information content (AvgIpc) is 2.71. The van der Waals surface area contributed by atoms with Gasteiger partial charge in [0, 0.05) is 0 Å². The van der Waals surface area contributed by atoms with Gasteiger partial charge in [0.15, 0.2) is 0 Å². The van der Waals surface area contributed by atoms with Gasteiger partial charge in [0.2, 0.25) is 0 Å². The molecule has 0 aromatic heterocycles. The standard InChI is InChI=1S/C23H20O3/c24-23(26-18-20-10-5-2-6-11-20)21-13-15-22(16-14-21)25-17-7-12-19-8-3-1-4-9-19/h1-16H,17-18H2. The Bertz CT molecular complexity index is 838. The van der Waals surface area contributed by atoms with Crippen LogP contribution in [0.25, 0.3) is 6.08 Å². The molecule has 3 nitrogen and oxygen atoms in total. The van der Waals surface area contributed by atoms with Crippen molar-refractivity contribution in [2.45, 2.75) is 6.61 Å². The number of esters is 1. The minimum Gasteiger partial charge on any atom is -0.490 e. The highest BCUT2D eigenvalue weighted by molar-refractivity contribution is 5.89. The van der Waals surface area contributed by atoms with E-state index in [4.69, 9.17) is 9.47 Å². The van der Waals surface area contributed by atoms with Gasteiger partial charge < -0.3 is 9.47 Å². The van der Waals surface area contributed by atoms with E-state index in [2.05, 4.69) is 0 Å². The van der Waals surface area contributed by atoms with Crippen LogP contribution in [0.1, 0.15) is 21.5 Å². The molecule has 0 unspecified atom stereocenters. The maximum atomic E-state index is 12.1. The van der Waals surface area contributed by atoms with Crippen LogP contribution in [-0.4, -0.2) is 12.6 Å². The van der Waals surface area contributed by atoms with E-state index >= 15 is 0 Å². The summed E-state index contributed by atoms with van der Waals surface area (Å²) in [6, 6.07) is 26.6. The number of carbonyl (C=O) groups excluding carboxylic acids is 1. The first-order valence-corrected chi connectivity index (χ1v) is 8.47. The first kappa shape index (κ1) is 17.5. The van der Waals surface area contributed by atoms with Crippen molar-refractivity contribution in [3.63, 3.8) is 0 Å². The van der Waals surface area contributed by atoms with Gasteiger partial charge in [-0.2, -0.15) is 0 Å². The Morgan fingerprint density at radius 2 is 1.46 bits per heavy atom. The summed E-state index contributed by atoms with van der Waals surface area (Å²) in [7, 11) is 0. The highest BCUT2D eigenvalue weighted by atomic mass is 16.5. The zero-order valence-electron chi connectivity index (χ0n) is 14.4. The van der Waals surface area contributed by atoms with Crippen molar-refractivity contribution in [1.82, 2.24) is 0 Å². The highest BCUT2D eigenvalue weighted by Crippen LogP contribution is 2.14. The van der Waals surface area contributed by atoms with Crippen LogP contribution in [0.15, 0.2) is 91.0 Å². The lowest BCUT2D eigenvalue weighted by molar-refractivity contribution is 0.0472.